The van der Waals surface area contributed by atoms with Crippen LogP contribution in [0.3, 0.4) is 0 Å². The normalized spacial score (nSPS) is 14.0. The number of amides is 1. The maximum atomic E-state index is 13.7. The molecule has 1 fully saturated rings. The van der Waals surface area contributed by atoms with E-state index in [1.54, 1.807) is 24.3 Å². The average Bonchev–Trinajstić information content (AvgIpc) is 2.83. The molecule has 2 aromatic carbocycles. The van der Waals surface area contributed by atoms with Crippen molar-refractivity contribution in [1.29, 1.82) is 0 Å². The van der Waals surface area contributed by atoms with Gasteiger partial charge in [-0.15, -0.1) is 0 Å². The SMILES string of the molecule is C=CC(=O)Nc1cccc(Nc2nc(Nc3ccc(CC4CN(C)C4)cc3OC)ncc2C(F)(F)F)c1. The molecule has 0 unspecified atom stereocenters. The van der Waals surface area contributed by atoms with E-state index < -0.39 is 23.5 Å². The van der Waals surface area contributed by atoms with E-state index in [0.717, 1.165) is 37.3 Å². The van der Waals surface area contributed by atoms with Gasteiger partial charge in [-0.1, -0.05) is 18.7 Å². The number of benzene rings is 2. The third kappa shape index (κ3) is 6.56. The summed E-state index contributed by atoms with van der Waals surface area (Å²) in [5.74, 6) is 0.194. The lowest BCUT2D eigenvalue weighted by atomic mass is 9.92. The molecule has 8 nitrogen and oxygen atoms in total. The van der Waals surface area contributed by atoms with Crippen molar-refractivity contribution < 1.29 is 22.7 Å². The highest BCUT2D eigenvalue weighted by Crippen LogP contribution is 2.36. The van der Waals surface area contributed by atoms with Gasteiger partial charge in [0.2, 0.25) is 11.9 Å². The number of halogens is 3. The van der Waals surface area contributed by atoms with Crippen LogP contribution in [0.1, 0.15) is 11.1 Å². The van der Waals surface area contributed by atoms with Gasteiger partial charge in [0, 0.05) is 30.7 Å². The molecule has 0 saturated carbocycles. The monoisotopic (exact) mass is 512 g/mol. The van der Waals surface area contributed by atoms with E-state index in [4.69, 9.17) is 4.74 Å². The molecule has 0 bridgehead atoms. The van der Waals surface area contributed by atoms with E-state index in [1.807, 2.05) is 12.1 Å². The maximum absolute atomic E-state index is 13.7. The first-order valence-electron chi connectivity index (χ1n) is 11.5. The number of hydrogen-bond donors (Lipinski definition) is 3. The quantitative estimate of drug-likeness (QED) is 0.339. The highest BCUT2D eigenvalue weighted by molar-refractivity contribution is 5.99. The molecule has 4 rings (SSSR count). The average molecular weight is 513 g/mol. The van der Waals surface area contributed by atoms with Crippen molar-refractivity contribution in [2.45, 2.75) is 12.6 Å². The number of nitrogens with zero attached hydrogens (tertiary/aromatic N) is 3. The zero-order valence-corrected chi connectivity index (χ0v) is 20.4. The highest BCUT2D eigenvalue weighted by atomic mass is 19.4. The molecule has 1 saturated heterocycles. The largest absolute Gasteiger partial charge is 0.495 e. The third-order valence-electron chi connectivity index (χ3n) is 5.85. The number of aromatic nitrogens is 2. The van der Waals surface area contributed by atoms with Crippen molar-refractivity contribution in [3.05, 3.63) is 72.4 Å². The number of methoxy groups -OCH3 is 1. The Labute approximate surface area is 212 Å². The molecule has 1 amide bonds. The van der Waals surface area contributed by atoms with Crippen LogP contribution in [0.2, 0.25) is 0 Å². The van der Waals surface area contributed by atoms with E-state index >= 15 is 0 Å². The lowest BCUT2D eigenvalue weighted by Gasteiger charge is -2.36. The molecule has 194 valence electrons. The fourth-order valence-electron chi connectivity index (χ4n) is 4.13. The predicted octanol–water partition coefficient (Wildman–Crippen LogP) is 5.22. The number of hydrogen-bond acceptors (Lipinski definition) is 7. The fourth-order valence-corrected chi connectivity index (χ4v) is 4.13. The summed E-state index contributed by atoms with van der Waals surface area (Å²) in [7, 11) is 3.61. The summed E-state index contributed by atoms with van der Waals surface area (Å²) in [6.07, 6.45) is -1.96. The molecule has 1 aliphatic rings. The second-order valence-electron chi connectivity index (χ2n) is 8.80. The van der Waals surface area contributed by atoms with Crippen LogP contribution in [-0.2, 0) is 17.4 Å². The highest BCUT2D eigenvalue weighted by Gasteiger charge is 2.35. The Balaban J connectivity index is 1.58. The van der Waals surface area contributed by atoms with E-state index in [2.05, 4.69) is 44.4 Å². The number of nitrogens with one attached hydrogen (secondary N) is 3. The molecular formula is C26H27F3N6O2. The standard InChI is InChI=1S/C26H27F3N6O2/c1-4-23(36)31-18-6-5-7-19(12-18)32-24-20(26(27,28)29)13-30-25(34-24)33-21-9-8-16(11-22(21)37-3)10-17-14-35(2)15-17/h4-9,11-13,17H,1,10,14-15H2,2-3H3,(H,31,36)(H2,30,32,33,34). The predicted molar refractivity (Wildman–Crippen MR) is 137 cm³/mol. The zero-order valence-electron chi connectivity index (χ0n) is 20.4. The van der Waals surface area contributed by atoms with Gasteiger partial charge in [-0.3, -0.25) is 4.79 Å². The summed E-state index contributed by atoms with van der Waals surface area (Å²) >= 11 is 0. The van der Waals surface area contributed by atoms with Crippen molar-refractivity contribution in [2.75, 3.05) is 43.2 Å². The van der Waals surface area contributed by atoms with Gasteiger partial charge < -0.3 is 25.6 Å². The topological polar surface area (TPSA) is 91.4 Å². The summed E-state index contributed by atoms with van der Waals surface area (Å²) in [4.78, 5) is 21.8. The smallest absolute Gasteiger partial charge is 0.421 e. The number of carbonyl (C=O) groups excluding carboxylic acids is 1. The zero-order chi connectivity index (χ0) is 26.6. The maximum Gasteiger partial charge on any atom is 0.421 e. The molecule has 37 heavy (non-hydrogen) atoms. The lowest BCUT2D eigenvalue weighted by Crippen LogP contribution is -2.44. The van der Waals surface area contributed by atoms with Crippen LogP contribution in [0.5, 0.6) is 5.75 Å². The number of carbonyl (C=O) groups is 1. The van der Waals surface area contributed by atoms with Crippen LogP contribution < -0.4 is 20.7 Å². The van der Waals surface area contributed by atoms with Gasteiger partial charge in [-0.2, -0.15) is 18.2 Å². The number of ether oxygens (including phenoxy) is 1. The van der Waals surface area contributed by atoms with Crippen LogP contribution in [0.4, 0.5) is 42.0 Å². The van der Waals surface area contributed by atoms with Gasteiger partial charge in [0.05, 0.1) is 12.8 Å². The molecule has 1 aromatic heterocycles. The van der Waals surface area contributed by atoms with Crippen LogP contribution in [0.25, 0.3) is 0 Å². The molecule has 3 aromatic rings. The Bertz CT molecular complexity index is 1290. The van der Waals surface area contributed by atoms with E-state index in [-0.39, 0.29) is 5.95 Å². The van der Waals surface area contributed by atoms with E-state index in [9.17, 15) is 18.0 Å². The van der Waals surface area contributed by atoms with Gasteiger partial charge >= 0.3 is 6.18 Å². The molecular weight excluding hydrogens is 485 g/mol. The van der Waals surface area contributed by atoms with Crippen molar-refractivity contribution in [2.24, 2.45) is 5.92 Å². The summed E-state index contributed by atoms with van der Waals surface area (Å²) in [6, 6.07) is 11.9. The molecule has 11 heteroatoms. The Kier molecular flexibility index (Phi) is 7.63. The van der Waals surface area contributed by atoms with E-state index in [1.165, 1.54) is 13.2 Å². The minimum atomic E-state index is -4.69. The van der Waals surface area contributed by atoms with Gasteiger partial charge in [0.15, 0.2) is 0 Å². The first-order valence-corrected chi connectivity index (χ1v) is 11.5. The Morgan fingerprint density at radius 2 is 1.95 bits per heavy atom. The Morgan fingerprint density at radius 3 is 2.62 bits per heavy atom. The molecule has 2 heterocycles. The third-order valence-corrected chi connectivity index (χ3v) is 5.85. The van der Waals surface area contributed by atoms with Crippen molar-refractivity contribution in [1.82, 2.24) is 14.9 Å². The van der Waals surface area contributed by atoms with Gasteiger partial charge in [0.25, 0.3) is 0 Å². The molecule has 0 radical (unpaired) electrons. The van der Waals surface area contributed by atoms with Gasteiger partial charge in [0.1, 0.15) is 17.1 Å². The molecule has 0 spiro atoms. The summed E-state index contributed by atoms with van der Waals surface area (Å²) in [5.41, 5.74) is 1.28. The molecule has 0 atom stereocenters. The fraction of sp³-hybridized carbons (Fsp3) is 0.269. The number of rotatable bonds is 9. The second-order valence-corrected chi connectivity index (χ2v) is 8.80. The van der Waals surface area contributed by atoms with Crippen molar-refractivity contribution >= 4 is 34.7 Å². The minimum absolute atomic E-state index is 0.0433. The van der Waals surface area contributed by atoms with Crippen LogP contribution in [0.15, 0.2) is 61.3 Å². The van der Waals surface area contributed by atoms with Crippen LogP contribution >= 0.6 is 0 Å². The number of likely N-dealkylation sites (tertiary alicyclic amines) is 1. The molecule has 0 aliphatic carbocycles. The number of alkyl halides is 3. The lowest BCUT2D eigenvalue weighted by molar-refractivity contribution is -0.137. The summed E-state index contributed by atoms with van der Waals surface area (Å²) < 4.78 is 46.6. The second kappa shape index (κ2) is 10.9. The minimum Gasteiger partial charge on any atom is -0.495 e. The first kappa shape index (κ1) is 26.0. The van der Waals surface area contributed by atoms with Crippen LogP contribution in [-0.4, -0.2) is 48.0 Å². The van der Waals surface area contributed by atoms with Gasteiger partial charge in [-0.25, -0.2) is 4.98 Å². The molecule has 3 N–H and O–H groups in total. The summed E-state index contributed by atoms with van der Waals surface area (Å²) in [6.45, 7) is 5.47. The van der Waals surface area contributed by atoms with E-state index in [0.29, 0.717) is 28.7 Å². The first-order chi connectivity index (χ1) is 17.6. The Hall–Kier alpha value is -4.12. The number of anilines is 5. The van der Waals surface area contributed by atoms with Crippen molar-refractivity contribution in [3.8, 4) is 5.75 Å². The Morgan fingerprint density at radius 1 is 1.19 bits per heavy atom. The summed E-state index contributed by atoms with van der Waals surface area (Å²) in [5, 5.41) is 8.21. The molecule has 1 aliphatic heterocycles. The van der Waals surface area contributed by atoms with Crippen molar-refractivity contribution in [3.63, 3.8) is 0 Å². The van der Waals surface area contributed by atoms with Gasteiger partial charge in [-0.05, 0) is 61.4 Å². The van der Waals surface area contributed by atoms with Crippen LogP contribution in [0, 0.1) is 5.92 Å².